The monoisotopic (exact) mass is 439 g/mol. The van der Waals surface area contributed by atoms with Gasteiger partial charge in [-0.3, -0.25) is 0 Å². The van der Waals surface area contributed by atoms with Crippen LogP contribution in [0.2, 0.25) is 0 Å². The van der Waals surface area contributed by atoms with Crippen LogP contribution in [-0.2, 0) is 23.1 Å². The van der Waals surface area contributed by atoms with Crippen LogP contribution in [0, 0.1) is 6.92 Å². The Morgan fingerprint density at radius 3 is 2.50 bits per heavy atom. The van der Waals surface area contributed by atoms with Crippen molar-refractivity contribution in [1.29, 1.82) is 0 Å². The minimum atomic E-state index is -4.53. The zero-order valence-corrected chi connectivity index (χ0v) is 17.1. The number of sulfone groups is 1. The molecule has 3 aromatic rings. The molecule has 160 valence electrons. The summed E-state index contributed by atoms with van der Waals surface area (Å²) in [6.45, 7) is 1.51. The third kappa shape index (κ3) is 4.43. The van der Waals surface area contributed by atoms with Gasteiger partial charge in [-0.25, -0.2) is 13.2 Å². The molecule has 0 aliphatic heterocycles. The molecule has 1 heterocycles. The Hall–Kier alpha value is -3.01. The van der Waals surface area contributed by atoms with Crippen molar-refractivity contribution in [2.75, 3.05) is 17.6 Å². The maximum Gasteiger partial charge on any atom is 0.416 e. The molecule has 0 atom stereocenters. The number of amides is 2. The molecular formula is C20H20F3N3O3S. The highest BCUT2D eigenvalue weighted by Gasteiger charge is 2.30. The Labute approximate surface area is 171 Å². The van der Waals surface area contributed by atoms with E-state index in [2.05, 4.69) is 10.6 Å². The number of para-hydroxylation sites is 1. The summed E-state index contributed by atoms with van der Waals surface area (Å²) in [4.78, 5) is 12.2. The molecule has 0 saturated heterocycles. The number of aromatic nitrogens is 1. The molecule has 0 aliphatic carbocycles. The van der Waals surface area contributed by atoms with Crippen LogP contribution in [0.3, 0.4) is 0 Å². The zero-order chi connectivity index (χ0) is 22.1. The molecule has 0 unspecified atom stereocenters. The van der Waals surface area contributed by atoms with Crippen molar-refractivity contribution in [2.24, 2.45) is 7.05 Å². The van der Waals surface area contributed by atoms with Gasteiger partial charge in [0.2, 0.25) is 0 Å². The third-order valence-corrected chi connectivity index (χ3v) is 6.64. The van der Waals surface area contributed by atoms with E-state index in [9.17, 15) is 26.4 Å². The van der Waals surface area contributed by atoms with Gasteiger partial charge in [-0.15, -0.1) is 0 Å². The van der Waals surface area contributed by atoms with Crippen molar-refractivity contribution < 1.29 is 26.4 Å². The first-order valence-corrected chi connectivity index (χ1v) is 10.6. The highest BCUT2D eigenvalue weighted by molar-refractivity contribution is 7.91. The Kier molecular flexibility index (Phi) is 5.80. The number of hydrogen-bond donors (Lipinski definition) is 2. The van der Waals surface area contributed by atoms with E-state index in [-0.39, 0.29) is 22.9 Å². The lowest BCUT2D eigenvalue weighted by Gasteiger charge is -2.11. The van der Waals surface area contributed by atoms with E-state index < -0.39 is 27.6 Å². The van der Waals surface area contributed by atoms with E-state index in [1.165, 1.54) is 12.1 Å². The minimum absolute atomic E-state index is 0.0462. The largest absolute Gasteiger partial charge is 0.416 e. The number of aryl methyl sites for hydroxylation is 1. The number of carbonyl (C=O) groups is 1. The average Bonchev–Trinajstić information content (AvgIpc) is 2.92. The number of halogens is 3. The summed E-state index contributed by atoms with van der Waals surface area (Å²) in [7, 11) is -1.93. The molecule has 0 aliphatic rings. The number of urea groups is 1. The number of hydrogen-bond acceptors (Lipinski definition) is 3. The summed E-state index contributed by atoms with van der Waals surface area (Å²) in [6.07, 6.45) is -4.53. The SMILES string of the molecule is Cc1c(S(=O)(=O)CCNC(=O)Nc2cccc(C(F)(F)F)c2)c2ccccc2n1C. The van der Waals surface area contributed by atoms with Gasteiger partial charge in [0.15, 0.2) is 9.84 Å². The molecular weight excluding hydrogens is 419 g/mol. The van der Waals surface area contributed by atoms with Gasteiger partial charge in [0, 0.05) is 35.9 Å². The topological polar surface area (TPSA) is 80.2 Å². The van der Waals surface area contributed by atoms with E-state index >= 15 is 0 Å². The third-order valence-electron chi connectivity index (χ3n) is 4.76. The van der Waals surface area contributed by atoms with Gasteiger partial charge in [0.05, 0.1) is 16.2 Å². The standard InChI is InChI=1S/C20H20F3N3O3S/c1-13-18(16-8-3-4-9-17(16)26(13)2)30(28,29)11-10-24-19(27)25-15-7-5-6-14(12-15)20(21,22)23/h3-9,12H,10-11H2,1-2H3,(H2,24,25,27). The van der Waals surface area contributed by atoms with Gasteiger partial charge in [-0.2, -0.15) is 13.2 Å². The van der Waals surface area contributed by atoms with Crippen molar-refractivity contribution >= 4 is 32.5 Å². The van der Waals surface area contributed by atoms with Crippen LogP contribution in [0.25, 0.3) is 10.9 Å². The van der Waals surface area contributed by atoms with Crippen LogP contribution in [0.1, 0.15) is 11.3 Å². The van der Waals surface area contributed by atoms with Crippen molar-refractivity contribution in [2.45, 2.75) is 18.0 Å². The number of fused-ring (bicyclic) bond motifs is 1. The summed E-state index contributed by atoms with van der Waals surface area (Å²) in [5.74, 6) is -0.349. The molecule has 10 heteroatoms. The van der Waals surface area contributed by atoms with Crippen LogP contribution in [0.15, 0.2) is 53.4 Å². The van der Waals surface area contributed by atoms with Crippen molar-refractivity contribution in [3.05, 3.63) is 59.8 Å². The van der Waals surface area contributed by atoms with Crippen LogP contribution in [-0.4, -0.2) is 31.3 Å². The Balaban J connectivity index is 1.67. The van der Waals surface area contributed by atoms with Crippen LogP contribution in [0.5, 0.6) is 0 Å². The number of benzene rings is 2. The number of alkyl halides is 3. The summed E-state index contributed by atoms with van der Waals surface area (Å²) in [5, 5.41) is 5.25. The molecule has 0 bridgehead atoms. The number of nitrogens with one attached hydrogen (secondary N) is 2. The maximum absolute atomic E-state index is 12.9. The van der Waals surface area contributed by atoms with Gasteiger partial charge in [-0.05, 0) is 31.2 Å². The predicted molar refractivity (Wildman–Crippen MR) is 108 cm³/mol. The molecule has 0 spiro atoms. The normalized spacial score (nSPS) is 12.2. The number of carbonyl (C=O) groups excluding carboxylic acids is 1. The molecule has 2 amide bonds. The van der Waals surface area contributed by atoms with E-state index in [1.54, 1.807) is 30.7 Å². The predicted octanol–water partition coefficient (Wildman–Crippen LogP) is 4.10. The second kappa shape index (κ2) is 8.02. The molecule has 2 aromatic carbocycles. The Bertz CT molecular complexity index is 1200. The lowest BCUT2D eigenvalue weighted by molar-refractivity contribution is -0.137. The number of nitrogens with zero attached hydrogens (tertiary/aromatic N) is 1. The summed E-state index contributed by atoms with van der Waals surface area (Å²) in [5.41, 5.74) is 0.429. The first-order chi connectivity index (χ1) is 14.0. The number of rotatable bonds is 5. The van der Waals surface area contributed by atoms with Gasteiger partial charge in [-0.1, -0.05) is 24.3 Å². The van der Waals surface area contributed by atoms with Gasteiger partial charge < -0.3 is 15.2 Å². The van der Waals surface area contributed by atoms with E-state index in [0.717, 1.165) is 17.6 Å². The summed E-state index contributed by atoms with van der Waals surface area (Å²) >= 11 is 0. The minimum Gasteiger partial charge on any atom is -0.347 e. The van der Waals surface area contributed by atoms with Gasteiger partial charge in [0.1, 0.15) is 0 Å². The van der Waals surface area contributed by atoms with Crippen LogP contribution >= 0.6 is 0 Å². The van der Waals surface area contributed by atoms with Gasteiger partial charge >= 0.3 is 12.2 Å². The highest BCUT2D eigenvalue weighted by Crippen LogP contribution is 2.31. The van der Waals surface area contributed by atoms with Crippen molar-refractivity contribution in [3.63, 3.8) is 0 Å². The first kappa shape index (κ1) is 21.7. The molecule has 0 fully saturated rings. The average molecular weight is 439 g/mol. The fraction of sp³-hybridized carbons (Fsp3) is 0.250. The summed E-state index contributed by atoms with van der Waals surface area (Å²) in [6, 6.07) is 10.5. The quantitative estimate of drug-likeness (QED) is 0.628. The molecule has 30 heavy (non-hydrogen) atoms. The lowest BCUT2D eigenvalue weighted by Crippen LogP contribution is -2.33. The fourth-order valence-corrected chi connectivity index (χ4v) is 4.90. The van der Waals surface area contributed by atoms with E-state index in [4.69, 9.17) is 0 Å². The van der Waals surface area contributed by atoms with Crippen LogP contribution < -0.4 is 10.6 Å². The first-order valence-electron chi connectivity index (χ1n) is 8.99. The molecule has 2 N–H and O–H groups in total. The smallest absolute Gasteiger partial charge is 0.347 e. The molecule has 0 radical (unpaired) electrons. The second-order valence-electron chi connectivity index (χ2n) is 6.77. The van der Waals surface area contributed by atoms with E-state index in [0.29, 0.717) is 11.1 Å². The van der Waals surface area contributed by atoms with E-state index in [1.807, 2.05) is 12.1 Å². The maximum atomic E-state index is 12.9. The zero-order valence-electron chi connectivity index (χ0n) is 16.2. The van der Waals surface area contributed by atoms with Crippen molar-refractivity contribution in [3.8, 4) is 0 Å². The molecule has 3 rings (SSSR count). The number of anilines is 1. The van der Waals surface area contributed by atoms with Crippen LogP contribution in [0.4, 0.5) is 23.7 Å². The second-order valence-corrected chi connectivity index (χ2v) is 8.82. The Morgan fingerprint density at radius 2 is 1.80 bits per heavy atom. The fourth-order valence-electron chi connectivity index (χ4n) is 3.23. The summed E-state index contributed by atoms with van der Waals surface area (Å²) < 4.78 is 65.8. The highest BCUT2D eigenvalue weighted by atomic mass is 32.2. The van der Waals surface area contributed by atoms with Crippen molar-refractivity contribution in [1.82, 2.24) is 9.88 Å². The molecule has 0 saturated carbocycles. The molecule has 6 nitrogen and oxygen atoms in total. The lowest BCUT2D eigenvalue weighted by atomic mass is 10.2. The molecule has 1 aromatic heterocycles. The van der Waals surface area contributed by atoms with Gasteiger partial charge in [0.25, 0.3) is 0 Å². The Morgan fingerprint density at radius 1 is 1.10 bits per heavy atom.